The van der Waals surface area contributed by atoms with E-state index >= 15 is 0 Å². The molecule has 3 amide bonds. The standard InChI is InChI=1S/C15H19N3O3/c1-9-5-10(2)7-12(6-9)14(20)16-8-13(19)17-18-15(21)11-3-4-11/h5-7,11H,3-4,8H2,1-2H3,(H,16,20)(H,17,19)(H,18,21). The number of hydrogen-bond donors (Lipinski definition) is 3. The zero-order valence-corrected chi connectivity index (χ0v) is 12.2. The maximum absolute atomic E-state index is 11.9. The second-order valence-electron chi connectivity index (χ2n) is 5.37. The van der Waals surface area contributed by atoms with E-state index in [4.69, 9.17) is 0 Å². The molecule has 1 saturated carbocycles. The minimum absolute atomic E-state index is 0.0233. The van der Waals surface area contributed by atoms with Gasteiger partial charge in [0.05, 0.1) is 6.54 Å². The Morgan fingerprint density at radius 3 is 2.24 bits per heavy atom. The van der Waals surface area contributed by atoms with Crippen molar-refractivity contribution in [3.8, 4) is 0 Å². The van der Waals surface area contributed by atoms with E-state index in [1.807, 2.05) is 19.9 Å². The Kier molecular flexibility index (Phi) is 4.57. The maximum atomic E-state index is 11.9. The zero-order chi connectivity index (χ0) is 15.4. The van der Waals surface area contributed by atoms with Crippen molar-refractivity contribution in [2.75, 3.05) is 6.54 Å². The number of carbonyl (C=O) groups excluding carboxylic acids is 3. The highest BCUT2D eigenvalue weighted by atomic mass is 16.2. The summed E-state index contributed by atoms with van der Waals surface area (Å²) in [6.07, 6.45) is 1.73. The van der Waals surface area contributed by atoms with Crippen LogP contribution in [-0.2, 0) is 9.59 Å². The molecule has 1 fully saturated rings. The van der Waals surface area contributed by atoms with E-state index in [0.717, 1.165) is 24.0 Å². The third-order valence-corrected chi connectivity index (χ3v) is 3.17. The number of nitrogens with one attached hydrogen (secondary N) is 3. The van der Waals surface area contributed by atoms with Crippen LogP contribution in [0.1, 0.15) is 34.3 Å². The summed E-state index contributed by atoms with van der Waals surface area (Å²) in [5.74, 6) is -0.925. The number of hydrogen-bond acceptors (Lipinski definition) is 3. The molecule has 0 aliphatic heterocycles. The average molecular weight is 289 g/mol. The summed E-state index contributed by atoms with van der Waals surface area (Å²) in [4.78, 5) is 34.8. The van der Waals surface area contributed by atoms with Crippen LogP contribution in [0.3, 0.4) is 0 Å². The Morgan fingerprint density at radius 2 is 1.67 bits per heavy atom. The minimum atomic E-state index is -0.457. The van der Waals surface area contributed by atoms with Gasteiger partial charge in [0.1, 0.15) is 0 Å². The summed E-state index contributed by atoms with van der Waals surface area (Å²) in [5, 5.41) is 2.52. The molecule has 3 N–H and O–H groups in total. The molecule has 0 heterocycles. The van der Waals surface area contributed by atoms with Crippen LogP contribution < -0.4 is 16.2 Å². The summed E-state index contributed by atoms with van der Waals surface area (Å²) in [5.41, 5.74) is 7.11. The molecular formula is C15H19N3O3. The third-order valence-electron chi connectivity index (χ3n) is 3.17. The van der Waals surface area contributed by atoms with Gasteiger partial charge in [-0.1, -0.05) is 17.2 Å². The molecule has 1 aromatic rings. The first kappa shape index (κ1) is 15.0. The summed E-state index contributed by atoms with van der Waals surface area (Å²) < 4.78 is 0. The van der Waals surface area contributed by atoms with Gasteiger partial charge in [0.15, 0.2) is 0 Å². The molecule has 21 heavy (non-hydrogen) atoms. The van der Waals surface area contributed by atoms with E-state index < -0.39 is 5.91 Å². The predicted molar refractivity (Wildman–Crippen MR) is 77.3 cm³/mol. The van der Waals surface area contributed by atoms with Gasteiger partial charge in [-0.15, -0.1) is 0 Å². The highest BCUT2D eigenvalue weighted by molar-refractivity contribution is 5.97. The van der Waals surface area contributed by atoms with Crippen molar-refractivity contribution in [2.24, 2.45) is 5.92 Å². The average Bonchev–Trinajstić information content (AvgIpc) is 3.25. The van der Waals surface area contributed by atoms with E-state index in [1.54, 1.807) is 12.1 Å². The lowest BCUT2D eigenvalue weighted by atomic mass is 10.1. The van der Waals surface area contributed by atoms with Crippen LogP contribution in [0.2, 0.25) is 0 Å². The van der Waals surface area contributed by atoms with E-state index in [0.29, 0.717) is 5.56 Å². The van der Waals surface area contributed by atoms with E-state index in [2.05, 4.69) is 16.2 Å². The summed E-state index contributed by atoms with van der Waals surface area (Å²) in [6, 6.07) is 5.49. The van der Waals surface area contributed by atoms with Gasteiger partial charge in [0.2, 0.25) is 5.91 Å². The van der Waals surface area contributed by atoms with Crippen LogP contribution in [0.5, 0.6) is 0 Å². The van der Waals surface area contributed by atoms with Crippen molar-refractivity contribution in [3.63, 3.8) is 0 Å². The van der Waals surface area contributed by atoms with Gasteiger partial charge < -0.3 is 5.32 Å². The normalized spacial score (nSPS) is 13.4. The van der Waals surface area contributed by atoms with E-state index in [1.165, 1.54) is 0 Å². The number of carbonyl (C=O) groups is 3. The molecule has 0 spiro atoms. The molecule has 0 bridgehead atoms. The van der Waals surface area contributed by atoms with Crippen LogP contribution in [0, 0.1) is 19.8 Å². The van der Waals surface area contributed by atoms with Gasteiger partial charge in [-0.25, -0.2) is 0 Å². The Morgan fingerprint density at radius 1 is 1.05 bits per heavy atom. The third kappa shape index (κ3) is 4.59. The lowest BCUT2D eigenvalue weighted by molar-refractivity contribution is -0.129. The number of amides is 3. The fourth-order valence-corrected chi connectivity index (χ4v) is 1.99. The van der Waals surface area contributed by atoms with Crippen molar-refractivity contribution in [1.29, 1.82) is 0 Å². The molecule has 6 nitrogen and oxygen atoms in total. The number of hydrazine groups is 1. The van der Waals surface area contributed by atoms with Crippen molar-refractivity contribution < 1.29 is 14.4 Å². The van der Waals surface area contributed by atoms with Gasteiger partial charge >= 0.3 is 0 Å². The highest BCUT2D eigenvalue weighted by Crippen LogP contribution is 2.28. The quantitative estimate of drug-likeness (QED) is 0.709. The first-order chi connectivity index (χ1) is 9.95. The molecule has 0 atom stereocenters. The predicted octanol–water partition coefficient (Wildman–Crippen LogP) is 0.591. The molecule has 1 aliphatic rings. The van der Waals surface area contributed by atoms with Crippen LogP contribution >= 0.6 is 0 Å². The van der Waals surface area contributed by atoms with Gasteiger partial charge in [-0.2, -0.15) is 0 Å². The lowest BCUT2D eigenvalue weighted by Gasteiger charge is -2.09. The fraction of sp³-hybridized carbons (Fsp3) is 0.400. The molecule has 0 aromatic heterocycles. The van der Waals surface area contributed by atoms with Crippen molar-refractivity contribution in [1.82, 2.24) is 16.2 Å². The summed E-state index contributed by atoms with van der Waals surface area (Å²) in [7, 11) is 0. The van der Waals surface area contributed by atoms with E-state index in [9.17, 15) is 14.4 Å². The molecule has 2 rings (SSSR count). The van der Waals surface area contributed by atoms with Crippen molar-refractivity contribution in [3.05, 3.63) is 34.9 Å². The summed E-state index contributed by atoms with van der Waals surface area (Å²) in [6.45, 7) is 3.63. The lowest BCUT2D eigenvalue weighted by Crippen LogP contribution is -2.46. The van der Waals surface area contributed by atoms with E-state index in [-0.39, 0.29) is 24.3 Å². The number of aryl methyl sites for hydroxylation is 2. The topological polar surface area (TPSA) is 87.3 Å². The Hall–Kier alpha value is -2.37. The fourth-order valence-electron chi connectivity index (χ4n) is 1.99. The van der Waals surface area contributed by atoms with Gasteiger partial charge in [-0.05, 0) is 38.8 Å². The minimum Gasteiger partial charge on any atom is -0.343 e. The van der Waals surface area contributed by atoms with Gasteiger partial charge in [-0.3, -0.25) is 25.2 Å². The van der Waals surface area contributed by atoms with Crippen LogP contribution in [0.4, 0.5) is 0 Å². The highest BCUT2D eigenvalue weighted by Gasteiger charge is 2.29. The largest absolute Gasteiger partial charge is 0.343 e. The Bertz CT molecular complexity index is 559. The molecule has 6 heteroatoms. The maximum Gasteiger partial charge on any atom is 0.257 e. The monoisotopic (exact) mass is 289 g/mol. The molecule has 112 valence electrons. The SMILES string of the molecule is Cc1cc(C)cc(C(=O)NCC(=O)NNC(=O)C2CC2)c1. The molecule has 1 aliphatic carbocycles. The van der Waals surface area contributed by atoms with Crippen LogP contribution in [0.25, 0.3) is 0 Å². The van der Waals surface area contributed by atoms with Crippen LogP contribution in [0.15, 0.2) is 18.2 Å². The number of rotatable bonds is 4. The van der Waals surface area contributed by atoms with Crippen LogP contribution in [-0.4, -0.2) is 24.3 Å². The van der Waals surface area contributed by atoms with Gasteiger partial charge in [0.25, 0.3) is 11.8 Å². The smallest absolute Gasteiger partial charge is 0.257 e. The second-order valence-corrected chi connectivity index (χ2v) is 5.37. The second kappa shape index (κ2) is 6.39. The molecule has 0 saturated heterocycles. The Balaban J connectivity index is 1.77. The first-order valence-corrected chi connectivity index (χ1v) is 6.91. The molecule has 1 aromatic carbocycles. The zero-order valence-electron chi connectivity index (χ0n) is 12.2. The molecule has 0 radical (unpaired) electrons. The van der Waals surface area contributed by atoms with Crippen molar-refractivity contribution >= 4 is 17.7 Å². The number of benzene rings is 1. The van der Waals surface area contributed by atoms with Crippen molar-refractivity contribution in [2.45, 2.75) is 26.7 Å². The molecular weight excluding hydrogens is 270 g/mol. The summed E-state index contributed by atoms with van der Waals surface area (Å²) >= 11 is 0. The molecule has 0 unspecified atom stereocenters. The Labute approximate surface area is 123 Å². The first-order valence-electron chi connectivity index (χ1n) is 6.91. The van der Waals surface area contributed by atoms with Gasteiger partial charge in [0, 0.05) is 11.5 Å².